The molecule has 2 N–H and O–H groups in total. The predicted molar refractivity (Wildman–Crippen MR) is 85.6 cm³/mol. The van der Waals surface area contributed by atoms with E-state index in [4.69, 9.17) is 18.0 Å². The molecule has 1 aliphatic heterocycles. The molecule has 2 aliphatic rings. The zero-order chi connectivity index (χ0) is 14.8. The smallest absolute Gasteiger partial charge is 0.235 e. The van der Waals surface area contributed by atoms with Gasteiger partial charge in [-0.2, -0.15) is 0 Å². The average molecular weight is 297 g/mol. The second kappa shape index (κ2) is 6.39. The van der Waals surface area contributed by atoms with Gasteiger partial charge >= 0.3 is 0 Å². The average Bonchev–Trinajstić information content (AvgIpc) is 2.99. The van der Waals surface area contributed by atoms with Crippen LogP contribution in [0.1, 0.15) is 46.0 Å². The molecule has 0 aromatic heterocycles. The standard InChI is InChI=1S/C15H27N3OS/c1-3-15(2,13(16)20)14(19)18-10-8-17(9-11-18)12-6-4-5-7-12/h12H,3-11H2,1-2H3,(H2,16,20). The van der Waals surface area contributed by atoms with Crippen molar-refractivity contribution in [2.45, 2.75) is 52.0 Å². The first-order valence-electron chi connectivity index (χ1n) is 7.82. The SMILES string of the molecule is CCC(C)(C(=O)N1CCN(C2CCCC2)CC1)C(N)=S. The van der Waals surface area contributed by atoms with Crippen molar-refractivity contribution in [1.29, 1.82) is 0 Å². The van der Waals surface area contributed by atoms with Gasteiger partial charge in [-0.15, -0.1) is 0 Å². The van der Waals surface area contributed by atoms with Crippen molar-refractivity contribution in [3.8, 4) is 0 Å². The van der Waals surface area contributed by atoms with E-state index in [1.165, 1.54) is 25.7 Å². The van der Waals surface area contributed by atoms with E-state index in [0.717, 1.165) is 32.2 Å². The van der Waals surface area contributed by atoms with E-state index in [1.54, 1.807) is 0 Å². The molecule has 5 heteroatoms. The van der Waals surface area contributed by atoms with Gasteiger partial charge in [0.2, 0.25) is 5.91 Å². The number of thiocarbonyl (C=S) groups is 1. The van der Waals surface area contributed by atoms with Gasteiger partial charge in [-0.05, 0) is 26.2 Å². The fourth-order valence-corrected chi connectivity index (χ4v) is 3.57. The first-order valence-corrected chi connectivity index (χ1v) is 8.23. The van der Waals surface area contributed by atoms with E-state index < -0.39 is 5.41 Å². The predicted octanol–water partition coefficient (Wildman–Crippen LogP) is 1.78. The van der Waals surface area contributed by atoms with Gasteiger partial charge in [-0.1, -0.05) is 32.0 Å². The molecule has 2 rings (SSSR count). The fourth-order valence-electron chi connectivity index (χ4n) is 3.34. The molecule has 2 fully saturated rings. The number of hydrogen-bond acceptors (Lipinski definition) is 3. The Morgan fingerprint density at radius 2 is 1.80 bits per heavy atom. The molecule has 0 radical (unpaired) electrons. The van der Waals surface area contributed by atoms with Crippen molar-refractivity contribution in [3.63, 3.8) is 0 Å². The third-order valence-electron chi connectivity index (χ3n) is 5.17. The summed E-state index contributed by atoms with van der Waals surface area (Å²) in [5.74, 6) is 0.110. The highest BCUT2D eigenvalue weighted by atomic mass is 32.1. The minimum Gasteiger partial charge on any atom is -0.392 e. The molecule has 1 atom stereocenters. The minimum atomic E-state index is -0.676. The Labute approximate surface area is 127 Å². The second-order valence-electron chi connectivity index (χ2n) is 6.32. The Morgan fingerprint density at radius 3 is 2.25 bits per heavy atom. The lowest BCUT2D eigenvalue weighted by Crippen LogP contribution is -2.56. The summed E-state index contributed by atoms with van der Waals surface area (Å²) in [5.41, 5.74) is 5.11. The molecule has 0 aromatic rings. The summed E-state index contributed by atoms with van der Waals surface area (Å²) in [6.07, 6.45) is 6.04. The lowest BCUT2D eigenvalue weighted by Gasteiger charge is -2.41. The normalized spacial score (nSPS) is 24.6. The van der Waals surface area contributed by atoms with Gasteiger partial charge in [0.25, 0.3) is 0 Å². The molecular weight excluding hydrogens is 270 g/mol. The van der Waals surface area contributed by atoms with Gasteiger partial charge in [-0.3, -0.25) is 9.69 Å². The van der Waals surface area contributed by atoms with Crippen molar-refractivity contribution in [3.05, 3.63) is 0 Å². The fraction of sp³-hybridized carbons (Fsp3) is 0.867. The van der Waals surface area contributed by atoms with Crippen molar-refractivity contribution in [2.24, 2.45) is 11.1 Å². The Kier molecular flexibility index (Phi) is 5.02. The highest BCUT2D eigenvalue weighted by Gasteiger charge is 2.39. The molecule has 0 aromatic carbocycles. The number of piperazine rings is 1. The topological polar surface area (TPSA) is 49.6 Å². The van der Waals surface area contributed by atoms with Crippen LogP contribution in [0.4, 0.5) is 0 Å². The van der Waals surface area contributed by atoms with Crippen molar-refractivity contribution >= 4 is 23.1 Å². The molecule has 1 aliphatic carbocycles. The third kappa shape index (κ3) is 2.98. The van der Waals surface area contributed by atoms with E-state index in [1.807, 2.05) is 18.7 Å². The maximum absolute atomic E-state index is 12.7. The summed E-state index contributed by atoms with van der Waals surface area (Å²) in [4.78, 5) is 17.5. The molecule has 0 spiro atoms. The zero-order valence-electron chi connectivity index (χ0n) is 12.7. The summed E-state index contributed by atoms with van der Waals surface area (Å²) in [6.45, 7) is 7.47. The summed E-state index contributed by atoms with van der Waals surface area (Å²) in [5, 5.41) is 0. The van der Waals surface area contributed by atoms with Crippen LogP contribution >= 0.6 is 12.2 Å². The van der Waals surface area contributed by atoms with Crippen LogP contribution in [0.25, 0.3) is 0 Å². The van der Waals surface area contributed by atoms with E-state index in [2.05, 4.69) is 4.90 Å². The number of rotatable bonds is 4. The Hall–Kier alpha value is -0.680. The van der Waals surface area contributed by atoms with Crippen molar-refractivity contribution < 1.29 is 4.79 Å². The molecule has 1 heterocycles. The van der Waals surface area contributed by atoms with Crippen molar-refractivity contribution in [2.75, 3.05) is 26.2 Å². The minimum absolute atomic E-state index is 0.110. The first-order chi connectivity index (χ1) is 9.49. The molecule has 1 unspecified atom stereocenters. The van der Waals surface area contributed by atoms with E-state index in [0.29, 0.717) is 11.4 Å². The molecule has 4 nitrogen and oxygen atoms in total. The molecule has 0 bridgehead atoms. The van der Waals surface area contributed by atoms with E-state index in [9.17, 15) is 4.79 Å². The Bertz CT molecular complexity index is 373. The lowest BCUT2D eigenvalue weighted by atomic mass is 9.85. The van der Waals surface area contributed by atoms with Crippen LogP contribution in [0.2, 0.25) is 0 Å². The number of hydrogen-bond donors (Lipinski definition) is 1. The van der Waals surface area contributed by atoms with Gasteiger partial charge in [0, 0.05) is 32.2 Å². The third-order valence-corrected chi connectivity index (χ3v) is 5.62. The van der Waals surface area contributed by atoms with Crippen molar-refractivity contribution in [1.82, 2.24) is 9.80 Å². The molecular formula is C15H27N3OS. The number of carbonyl (C=O) groups is 1. The molecule has 1 amide bonds. The molecule has 114 valence electrons. The van der Waals surface area contributed by atoms with E-state index >= 15 is 0 Å². The Morgan fingerprint density at radius 1 is 1.25 bits per heavy atom. The maximum atomic E-state index is 12.7. The molecule has 1 saturated carbocycles. The summed E-state index contributed by atoms with van der Waals surface area (Å²) < 4.78 is 0. The first kappa shape index (κ1) is 15.7. The highest BCUT2D eigenvalue weighted by Crippen LogP contribution is 2.27. The van der Waals surface area contributed by atoms with E-state index in [-0.39, 0.29) is 5.91 Å². The number of amides is 1. The van der Waals surface area contributed by atoms with Gasteiger partial charge < -0.3 is 10.6 Å². The van der Waals surface area contributed by atoms with Crippen LogP contribution < -0.4 is 5.73 Å². The molecule has 20 heavy (non-hydrogen) atoms. The number of nitrogens with two attached hydrogens (primary N) is 1. The second-order valence-corrected chi connectivity index (χ2v) is 6.76. The summed E-state index contributed by atoms with van der Waals surface area (Å²) in [6, 6.07) is 0.750. The van der Waals surface area contributed by atoms with Gasteiger partial charge in [-0.25, -0.2) is 0 Å². The van der Waals surface area contributed by atoms with Gasteiger partial charge in [0.1, 0.15) is 0 Å². The highest BCUT2D eigenvalue weighted by molar-refractivity contribution is 7.80. The Balaban J connectivity index is 1.92. The van der Waals surface area contributed by atoms with Gasteiger partial charge in [0.15, 0.2) is 0 Å². The maximum Gasteiger partial charge on any atom is 0.235 e. The lowest BCUT2D eigenvalue weighted by molar-refractivity contribution is -0.139. The van der Waals surface area contributed by atoms with Gasteiger partial charge in [0.05, 0.1) is 10.4 Å². The van der Waals surface area contributed by atoms with Crippen LogP contribution in [-0.4, -0.2) is 52.9 Å². The zero-order valence-corrected chi connectivity index (χ0v) is 13.5. The quantitative estimate of drug-likeness (QED) is 0.804. The van der Waals surface area contributed by atoms with Crippen LogP contribution in [0.5, 0.6) is 0 Å². The van der Waals surface area contributed by atoms with Crippen LogP contribution in [0, 0.1) is 5.41 Å². The largest absolute Gasteiger partial charge is 0.392 e. The summed E-state index contributed by atoms with van der Waals surface area (Å²) >= 11 is 5.11. The number of nitrogens with zero attached hydrogens (tertiary/aromatic N) is 2. The summed E-state index contributed by atoms with van der Waals surface area (Å²) in [7, 11) is 0. The van der Waals surface area contributed by atoms with Crippen LogP contribution in [0.15, 0.2) is 0 Å². The number of carbonyl (C=O) groups excluding carboxylic acids is 1. The van der Waals surface area contributed by atoms with Crippen LogP contribution in [0.3, 0.4) is 0 Å². The van der Waals surface area contributed by atoms with Crippen LogP contribution in [-0.2, 0) is 4.79 Å². The molecule has 1 saturated heterocycles. The monoisotopic (exact) mass is 297 g/mol.